The number of carbonyl (C=O) groups is 1. The first-order chi connectivity index (χ1) is 8.74. The zero-order valence-corrected chi connectivity index (χ0v) is 11.3. The number of thiazole rings is 1. The molecule has 100 valence electrons. The zero-order chi connectivity index (χ0) is 13.0. The van der Waals surface area contributed by atoms with E-state index in [0.29, 0.717) is 26.2 Å². The lowest BCUT2D eigenvalue weighted by molar-refractivity contribution is 0.105. The maximum Gasteiger partial charge on any atom is 0.409 e. The van der Waals surface area contributed by atoms with E-state index in [9.17, 15) is 4.79 Å². The molecule has 1 aliphatic heterocycles. The minimum atomic E-state index is -0.223. The van der Waals surface area contributed by atoms with E-state index in [0.717, 1.165) is 23.9 Å². The van der Waals surface area contributed by atoms with Crippen LogP contribution in [-0.4, -0.2) is 48.8 Å². The Kier molecular flexibility index (Phi) is 4.38. The van der Waals surface area contributed by atoms with E-state index < -0.39 is 0 Å². The molecule has 1 saturated heterocycles. The van der Waals surface area contributed by atoms with E-state index in [-0.39, 0.29) is 6.09 Å². The highest BCUT2D eigenvalue weighted by Gasteiger charge is 2.23. The molecule has 0 radical (unpaired) electrons. The van der Waals surface area contributed by atoms with Gasteiger partial charge in [0, 0.05) is 38.1 Å². The molecule has 1 fully saturated rings. The maximum atomic E-state index is 11.5. The molecule has 0 bridgehead atoms. The fourth-order valence-corrected chi connectivity index (χ4v) is 2.72. The maximum absolute atomic E-state index is 11.5. The summed E-state index contributed by atoms with van der Waals surface area (Å²) in [7, 11) is 0. The van der Waals surface area contributed by atoms with E-state index in [1.807, 2.05) is 12.3 Å². The number of anilines is 1. The van der Waals surface area contributed by atoms with Gasteiger partial charge < -0.3 is 20.3 Å². The molecule has 2 rings (SSSR count). The molecule has 1 amide bonds. The first-order valence-electron chi connectivity index (χ1n) is 6.05. The second-order valence-electron chi connectivity index (χ2n) is 4.00. The standard InChI is InChI=1S/C11H18N4O2S/c1-2-17-11(16)15-5-3-14(4-6-15)10-13-9(7-12)8-18-10/h8H,2-7,12H2,1H3. The molecule has 2 N–H and O–H groups in total. The first kappa shape index (κ1) is 13.1. The molecular weight excluding hydrogens is 252 g/mol. The SMILES string of the molecule is CCOC(=O)N1CCN(c2nc(CN)cs2)CC1. The minimum Gasteiger partial charge on any atom is -0.450 e. The molecule has 6 nitrogen and oxygen atoms in total. The van der Waals surface area contributed by atoms with E-state index in [1.54, 1.807) is 16.2 Å². The van der Waals surface area contributed by atoms with Crippen LogP contribution >= 0.6 is 11.3 Å². The molecule has 0 spiro atoms. The van der Waals surface area contributed by atoms with Crippen LogP contribution in [0.3, 0.4) is 0 Å². The molecule has 0 unspecified atom stereocenters. The monoisotopic (exact) mass is 270 g/mol. The van der Waals surface area contributed by atoms with Crippen LogP contribution in [0.2, 0.25) is 0 Å². The summed E-state index contributed by atoms with van der Waals surface area (Å²) >= 11 is 1.60. The highest BCUT2D eigenvalue weighted by atomic mass is 32.1. The average molecular weight is 270 g/mol. The van der Waals surface area contributed by atoms with Crippen molar-refractivity contribution in [3.63, 3.8) is 0 Å². The first-order valence-corrected chi connectivity index (χ1v) is 6.93. The Morgan fingerprint density at radius 2 is 2.22 bits per heavy atom. The number of ether oxygens (including phenoxy) is 1. The van der Waals surface area contributed by atoms with Gasteiger partial charge in [-0.2, -0.15) is 0 Å². The van der Waals surface area contributed by atoms with Crippen molar-refractivity contribution in [2.75, 3.05) is 37.7 Å². The summed E-state index contributed by atoms with van der Waals surface area (Å²) in [5, 5.41) is 2.96. The largest absolute Gasteiger partial charge is 0.450 e. The van der Waals surface area contributed by atoms with Gasteiger partial charge in [-0.05, 0) is 6.92 Å². The Morgan fingerprint density at radius 1 is 1.50 bits per heavy atom. The Hall–Kier alpha value is -1.34. The zero-order valence-electron chi connectivity index (χ0n) is 10.5. The molecule has 1 aromatic rings. The Labute approximate surface area is 110 Å². The molecule has 2 heterocycles. The molecule has 1 aromatic heterocycles. The molecule has 1 aliphatic rings. The number of amides is 1. The van der Waals surface area contributed by atoms with Gasteiger partial charge in [-0.15, -0.1) is 11.3 Å². The quantitative estimate of drug-likeness (QED) is 0.883. The summed E-state index contributed by atoms with van der Waals surface area (Å²) < 4.78 is 4.98. The highest BCUT2D eigenvalue weighted by molar-refractivity contribution is 7.13. The molecule has 0 aromatic carbocycles. The van der Waals surface area contributed by atoms with Crippen molar-refractivity contribution < 1.29 is 9.53 Å². The lowest BCUT2D eigenvalue weighted by Gasteiger charge is -2.33. The van der Waals surface area contributed by atoms with Crippen molar-refractivity contribution in [2.45, 2.75) is 13.5 Å². The van der Waals surface area contributed by atoms with Crippen molar-refractivity contribution in [3.05, 3.63) is 11.1 Å². The number of hydrogen-bond acceptors (Lipinski definition) is 6. The van der Waals surface area contributed by atoms with Crippen LogP contribution in [0.5, 0.6) is 0 Å². The molecule has 0 saturated carbocycles. The molecule has 0 atom stereocenters. The third-order valence-corrected chi connectivity index (χ3v) is 3.78. The van der Waals surface area contributed by atoms with Gasteiger partial charge in [0.15, 0.2) is 5.13 Å². The third-order valence-electron chi connectivity index (χ3n) is 2.82. The van der Waals surface area contributed by atoms with Crippen molar-refractivity contribution >= 4 is 22.6 Å². The number of rotatable bonds is 3. The molecule has 7 heteroatoms. The topological polar surface area (TPSA) is 71.7 Å². The van der Waals surface area contributed by atoms with Gasteiger partial charge in [-0.3, -0.25) is 0 Å². The fraction of sp³-hybridized carbons (Fsp3) is 0.636. The van der Waals surface area contributed by atoms with Crippen LogP contribution in [0.25, 0.3) is 0 Å². The Balaban J connectivity index is 1.88. The van der Waals surface area contributed by atoms with Crippen molar-refractivity contribution in [1.82, 2.24) is 9.88 Å². The van der Waals surface area contributed by atoms with Gasteiger partial charge in [0.1, 0.15) is 0 Å². The second-order valence-corrected chi connectivity index (χ2v) is 4.84. The number of piperazine rings is 1. The number of nitrogens with two attached hydrogens (primary N) is 1. The third kappa shape index (κ3) is 2.91. The summed E-state index contributed by atoms with van der Waals surface area (Å²) in [5.41, 5.74) is 6.46. The van der Waals surface area contributed by atoms with Crippen LogP contribution in [0.1, 0.15) is 12.6 Å². The molecule has 0 aliphatic carbocycles. The summed E-state index contributed by atoms with van der Waals surface area (Å²) in [4.78, 5) is 19.9. The van der Waals surface area contributed by atoms with Gasteiger partial charge in [0.2, 0.25) is 0 Å². The summed E-state index contributed by atoms with van der Waals surface area (Å²) in [6.45, 7) is 5.64. The normalized spacial score (nSPS) is 15.9. The van der Waals surface area contributed by atoms with Crippen molar-refractivity contribution in [3.8, 4) is 0 Å². The molecular formula is C11H18N4O2S. The van der Waals surface area contributed by atoms with E-state index >= 15 is 0 Å². The van der Waals surface area contributed by atoms with Gasteiger partial charge in [0.05, 0.1) is 12.3 Å². The number of nitrogens with zero attached hydrogens (tertiary/aromatic N) is 3. The predicted molar refractivity (Wildman–Crippen MR) is 70.8 cm³/mol. The van der Waals surface area contributed by atoms with Gasteiger partial charge >= 0.3 is 6.09 Å². The summed E-state index contributed by atoms with van der Waals surface area (Å²) in [6.07, 6.45) is -0.223. The van der Waals surface area contributed by atoms with Gasteiger partial charge in [-0.1, -0.05) is 0 Å². The smallest absolute Gasteiger partial charge is 0.409 e. The number of hydrogen-bond donors (Lipinski definition) is 1. The van der Waals surface area contributed by atoms with Crippen LogP contribution in [-0.2, 0) is 11.3 Å². The summed E-state index contributed by atoms with van der Waals surface area (Å²) in [6, 6.07) is 0. The van der Waals surface area contributed by atoms with Crippen LogP contribution in [0.4, 0.5) is 9.93 Å². The van der Waals surface area contributed by atoms with E-state index in [2.05, 4.69) is 9.88 Å². The number of aromatic nitrogens is 1. The fourth-order valence-electron chi connectivity index (χ4n) is 1.83. The van der Waals surface area contributed by atoms with Crippen LogP contribution in [0, 0.1) is 0 Å². The predicted octanol–water partition coefficient (Wildman–Crippen LogP) is 0.880. The second kappa shape index (κ2) is 6.01. The number of carbonyl (C=O) groups excluding carboxylic acids is 1. The van der Waals surface area contributed by atoms with Gasteiger partial charge in [0.25, 0.3) is 0 Å². The van der Waals surface area contributed by atoms with Crippen LogP contribution < -0.4 is 10.6 Å². The lowest BCUT2D eigenvalue weighted by Crippen LogP contribution is -2.49. The highest BCUT2D eigenvalue weighted by Crippen LogP contribution is 2.21. The summed E-state index contributed by atoms with van der Waals surface area (Å²) in [5.74, 6) is 0. The average Bonchev–Trinajstić information content (AvgIpc) is 2.88. The minimum absolute atomic E-state index is 0.223. The van der Waals surface area contributed by atoms with E-state index in [1.165, 1.54) is 0 Å². The van der Waals surface area contributed by atoms with E-state index in [4.69, 9.17) is 10.5 Å². The van der Waals surface area contributed by atoms with Crippen molar-refractivity contribution in [2.24, 2.45) is 5.73 Å². The lowest BCUT2D eigenvalue weighted by atomic mass is 10.3. The van der Waals surface area contributed by atoms with Gasteiger partial charge in [-0.25, -0.2) is 9.78 Å². The Morgan fingerprint density at radius 3 is 2.78 bits per heavy atom. The van der Waals surface area contributed by atoms with Crippen molar-refractivity contribution in [1.29, 1.82) is 0 Å². The Bertz CT molecular complexity index is 402. The molecule has 18 heavy (non-hydrogen) atoms. The van der Waals surface area contributed by atoms with Crippen LogP contribution in [0.15, 0.2) is 5.38 Å².